The number of benzene rings is 2. The van der Waals surface area contributed by atoms with E-state index in [0.29, 0.717) is 0 Å². The summed E-state index contributed by atoms with van der Waals surface area (Å²) in [7, 11) is 0. The van der Waals surface area contributed by atoms with Crippen molar-refractivity contribution in [2.45, 2.75) is 52.0 Å². The Balaban J connectivity index is 1.35. The fraction of sp³-hybridized carbons (Fsp3) is 0.417. The highest BCUT2D eigenvalue weighted by atomic mass is 16.2. The lowest BCUT2D eigenvalue weighted by Crippen LogP contribution is -2.42. The predicted octanol–water partition coefficient (Wildman–Crippen LogP) is 4.72. The Bertz CT molecular complexity index is 866. The van der Waals surface area contributed by atoms with E-state index in [4.69, 9.17) is 0 Å². The SMILES string of the molecule is Cc1ccc(NC(=O)C2CCC(C(=O)N3c4ccccc4CC3C)CC2)cc1. The van der Waals surface area contributed by atoms with Crippen LogP contribution in [0.3, 0.4) is 0 Å². The van der Waals surface area contributed by atoms with Crippen LogP contribution in [0.15, 0.2) is 48.5 Å². The van der Waals surface area contributed by atoms with Gasteiger partial charge in [0.25, 0.3) is 0 Å². The number of para-hydroxylation sites is 1. The molecule has 2 aromatic carbocycles. The van der Waals surface area contributed by atoms with E-state index < -0.39 is 0 Å². The number of amides is 2. The van der Waals surface area contributed by atoms with Gasteiger partial charge in [-0.2, -0.15) is 0 Å². The van der Waals surface area contributed by atoms with Gasteiger partial charge in [-0.15, -0.1) is 0 Å². The molecule has 1 N–H and O–H groups in total. The smallest absolute Gasteiger partial charge is 0.230 e. The highest BCUT2D eigenvalue weighted by Crippen LogP contribution is 2.37. The normalized spacial score (nSPS) is 23.9. The number of carbonyl (C=O) groups is 2. The topological polar surface area (TPSA) is 49.4 Å². The van der Waals surface area contributed by atoms with E-state index in [-0.39, 0.29) is 29.7 Å². The molecule has 1 heterocycles. The van der Waals surface area contributed by atoms with Crippen LogP contribution in [0, 0.1) is 18.8 Å². The largest absolute Gasteiger partial charge is 0.326 e. The summed E-state index contributed by atoms with van der Waals surface area (Å²) < 4.78 is 0. The fourth-order valence-electron chi connectivity index (χ4n) is 4.58. The van der Waals surface area contributed by atoms with E-state index in [0.717, 1.165) is 43.5 Å². The lowest BCUT2D eigenvalue weighted by atomic mass is 9.80. The van der Waals surface area contributed by atoms with Crippen molar-refractivity contribution in [3.05, 3.63) is 59.7 Å². The second-order valence-corrected chi connectivity index (χ2v) is 8.29. The molecule has 0 spiro atoms. The Labute approximate surface area is 166 Å². The maximum Gasteiger partial charge on any atom is 0.230 e. The third kappa shape index (κ3) is 3.68. The van der Waals surface area contributed by atoms with Gasteiger partial charge in [-0.25, -0.2) is 0 Å². The molecule has 4 rings (SSSR count). The van der Waals surface area contributed by atoms with Gasteiger partial charge in [0.05, 0.1) is 0 Å². The average molecular weight is 377 g/mol. The summed E-state index contributed by atoms with van der Waals surface area (Å²) in [5.74, 6) is 0.329. The van der Waals surface area contributed by atoms with Gasteiger partial charge in [0.1, 0.15) is 0 Å². The quantitative estimate of drug-likeness (QED) is 0.843. The van der Waals surface area contributed by atoms with Crippen molar-refractivity contribution in [1.29, 1.82) is 0 Å². The Kier molecular flexibility index (Phi) is 5.21. The zero-order valence-corrected chi connectivity index (χ0v) is 16.7. The average Bonchev–Trinajstić information content (AvgIpc) is 3.05. The first-order valence-corrected chi connectivity index (χ1v) is 10.3. The van der Waals surface area contributed by atoms with Crippen LogP contribution in [0.25, 0.3) is 0 Å². The number of hydrogen-bond donors (Lipinski definition) is 1. The van der Waals surface area contributed by atoms with Gasteiger partial charge < -0.3 is 10.2 Å². The van der Waals surface area contributed by atoms with Crippen LogP contribution in [0.1, 0.15) is 43.7 Å². The number of anilines is 2. The first-order valence-electron chi connectivity index (χ1n) is 10.3. The third-order valence-corrected chi connectivity index (χ3v) is 6.21. The van der Waals surface area contributed by atoms with Crippen LogP contribution in [0.4, 0.5) is 11.4 Å². The second-order valence-electron chi connectivity index (χ2n) is 8.29. The van der Waals surface area contributed by atoms with E-state index in [1.54, 1.807) is 0 Å². The molecule has 0 saturated heterocycles. The van der Waals surface area contributed by atoms with Crippen molar-refractivity contribution in [3.8, 4) is 0 Å². The zero-order valence-electron chi connectivity index (χ0n) is 16.7. The molecule has 146 valence electrons. The molecular formula is C24H28N2O2. The maximum absolute atomic E-state index is 13.2. The number of hydrogen-bond acceptors (Lipinski definition) is 2. The number of nitrogens with one attached hydrogen (secondary N) is 1. The van der Waals surface area contributed by atoms with E-state index >= 15 is 0 Å². The molecule has 0 bridgehead atoms. The summed E-state index contributed by atoms with van der Waals surface area (Å²) in [6.45, 7) is 4.15. The van der Waals surface area contributed by atoms with E-state index in [1.807, 2.05) is 48.2 Å². The van der Waals surface area contributed by atoms with Crippen LogP contribution in [0.5, 0.6) is 0 Å². The first-order chi connectivity index (χ1) is 13.5. The van der Waals surface area contributed by atoms with Crippen molar-refractivity contribution in [1.82, 2.24) is 0 Å². The van der Waals surface area contributed by atoms with Crippen LogP contribution >= 0.6 is 0 Å². The van der Waals surface area contributed by atoms with E-state index in [1.165, 1.54) is 11.1 Å². The van der Waals surface area contributed by atoms with Gasteiger partial charge in [0, 0.05) is 29.3 Å². The molecular weight excluding hydrogens is 348 g/mol. The molecule has 1 aliphatic carbocycles. The van der Waals surface area contributed by atoms with E-state index in [9.17, 15) is 9.59 Å². The second kappa shape index (κ2) is 7.78. The van der Waals surface area contributed by atoms with Gasteiger partial charge in [0.2, 0.25) is 11.8 Å². The lowest BCUT2D eigenvalue weighted by molar-refractivity contribution is -0.126. The first kappa shape index (κ1) is 18.7. The standard InChI is InChI=1S/C24H28N2O2/c1-16-7-13-21(14-8-16)25-23(27)18-9-11-19(12-10-18)24(28)26-17(2)15-20-5-3-4-6-22(20)26/h3-8,13-14,17-19H,9-12,15H2,1-2H3,(H,25,27). The third-order valence-electron chi connectivity index (χ3n) is 6.21. The summed E-state index contributed by atoms with van der Waals surface area (Å²) in [5, 5.41) is 3.02. The molecule has 4 nitrogen and oxygen atoms in total. The number of carbonyl (C=O) groups excluding carboxylic acids is 2. The number of nitrogens with zero attached hydrogens (tertiary/aromatic N) is 1. The number of aryl methyl sites for hydroxylation is 1. The molecule has 4 heteroatoms. The fourth-order valence-corrected chi connectivity index (χ4v) is 4.58. The van der Waals surface area contributed by atoms with Gasteiger partial charge >= 0.3 is 0 Å². The van der Waals surface area contributed by atoms with Crippen molar-refractivity contribution in [2.24, 2.45) is 11.8 Å². The summed E-state index contributed by atoms with van der Waals surface area (Å²) in [5.41, 5.74) is 4.35. The van der Waals surface area contributed by atoms with Crippen molar-refractivity contribution >= 4 is 23.2 Å². The lowest BCUT2D eigenvalue weighted by Gasteiger charge is -2.32. The molecule has 1 atom stereocenters. The molecule has 28 heavy (non-hydrogen) atoms. The van der Waals surface area contributed by atoms with Crippen LogP contribution in [-0.2, 0) is 16.0 Å². The highest BCUT2D eigenvalue weighted by Gasteiger charge is 2.37. The summed E-state index contributed by atoms with van der Waals surface area (Å²) >= 11 is 0. The molecule has 1 unspecified atom stereocenters. The van der Waals surface area contributed by atoms with Gasteiger partial charge in [0.15, 0.2) is 0 Å². The summed E-state index contributed by atoms with van der Waals surface area (Å²) in [6, 6.07) is 16.3. The van der Waals surface area contributed by atoms with Crippen LogP contribution in [0.2, 0.25) is 0 Å². The van der Waals surface area contributed by atoms with Gasteiger partial charge in [-0.3, -0.25) is 9.59 Å². The molecule has 2 amide bonds. The monoisotopic (exact) mass is 376 g/mol. The molecule has 2 aliphatic rings. The minimum Gasteiger partial charge on any atom is -0.326 e. The van der Waals surface area contributed by atoms with Crippen molar-refractivity contribution in [3.63, 3.8) is 0 Å². The summed E-state index contributed by atoms with van der Waals surface area (Å²) in [6.07, 6.45) is 4.05. The minimum atomic E-state index is -0.00589. The Morgan fingerprint density at radius 1 is 0.929 bits per heavy atom. The van der Waals surface area contributed by atoms with Gasteiger partial charge in [-0.05, 0) is 69.7 Å². The minimum absolute atomic E-state index is 0.00589. The summed E-state index contributed by atoms with van der Waals surface area (Å²) in [4.78, 5) is 27.8. The molecule has 2 aromatic rings. The highest BCUT2D eigenvalue weighted by molar-refractivity contribution is 5.98. The van der Waals surface area contributed by atoms with Crippen LogP contribution in [-0.4, -0.2) is 17.9 Å². The van der Waals surface area contributed by atoms with Crippen molar-refractivity contribution in [2.75, 3.05) is 10.2 Å². The molecule has 1 saturated carbocycles. The molecule has 0 aromatic heterocycles. The zero-order chi connectivity index (χ0) is 19.7. The Hall–Kier alpha value is -2.62. The van der Waals surface area contributed by atoms with Crippen LogP contribution < -0.4 is 10.2 Å². The number of fused-ring (bicyclic) bond motifs is 1. The molecule has 0 radical (unpaired) electrons. The number of rotatable bonds is 3. The van der Waals surface area contributed by atoms with E-state index in [2.05, 4.69) is 24.4 Å². The molecule has 1 aliphatic heterocycles. The maximum atomic E-state index is 13.2. The molecule has 1 fully saturated rings. The predicted molar refractivity (Wildman–Crippen MR) is 112 cm³/mol. The van der Waals surface area contributed by atoms with Gasteiger partial charge in [-0.1, -0.05) is 35.9 Å². The Morgan fingerprint density at radius 3 is 2.29 bits per heavy atom. The Morgan fingerprint density at radius 2 is 1.57 bits per heavy atom. The van der Waals surface area contributed by atoms with Crippen molar-refractivity contribution < 1.29 is 9.59 Å².